The number of hydrogen-bond donors (Lipinski definition) is 1. The predicted octanol–water partition coefficient (Wildman–Crippen LogP) is 3.39. The normalized spacial score (nSPS) is 15.2. The maximum absolute atomic E-state index is 13.2. The van der Waals surface area contributed by atoms with Crippen LogP contribution in [0.1, 0.15) is 28.8 Å². The summed E-state index contributed by atoms with van der Waals surface area (Å²) in [7, 11) is 1.59. The number of carbonyl (C=O) groups is 1. The van der Waals surface area contributed by atoms with Gasteiger partial charge in [0, 0.05) is 5.56 Å². The quantitative estimate of drug-likeness (QED) is 0.940. The molecule has 0 aromatic heterocycles. The highest BCUT2D eigenvalue weighted by molar-refractivity contribution is 5.95. The third kappa shape index (κ3) is 2.66. The van der Waals surface area contributed by atoms with E-state index in [2.05, 4.69) is 5.32 Å². The Morgan fingerprint density at radius 2 is 1.77 bits per heavy atom. The van der Waals surface area contributed by atoms with Crippen molar-refractivity contribution in [3.8, 4) is 5.75 Å². The zero-order valence-electron chi connectivity index (χ0n) is 12.0. The highest BCUT2D eigenvalue weighted by Crippen LogP contribution is 2.46. The molecule has 2 aromatic rings. The first-order valence-electron chi connectivity index (χ1n) is 6.96. The molecule has 0 radical (unpaired) electrons. The number of hydrogen-bond acceptors (Lipinski definition) is 2. The smallest absolute Gasteiger partial charge is 0.252 e. The lowest BCUT2D eigenvalue weighted by molar-refractivity contribution is 0.0930. The van der Waals surface area contributed by atoms with Crippen LogP contribution in [0.5, 0.6) is 5.75 Å². The van der Waals surface area contributed by atoms with E-state index in [-0.39, 0.29) is 5.56 Å². The summed E-state index contributed by atoms with van der Waals surface area (Å²) in [6, 6.07) is 10.6. The van der Waals surface area contributed by atoms with E-state index in [9.17, 15) is 13.6 Å². The minimum Gasteiger partial charge on any atom is -0.497 e. The van der Waals surface area contributed by atoms with Gasteiger partial charge in [0.05, 0.1) is 12.6 Å². The van der Waals surface area contributed by atoms with E-state index in [4.69, 9.17) is 4.74 Å². The van der Waals surface area contributed by atoms with Crippen molar-refractivity contribution in [2.45, 2.75) is 18.4 Å². The molecule has 0 spiro atoms. The van der Waals surface area contributed by atoms with Crippen molar-refractivity contribution in [2.24, 2.45) is 0 Å². The van der Waals surface area contributed by atoms with Gasteiger partial charge in [-0.3, -0.25) is 4.79 Å². The molecule has 1 aliphatic carbocycles. The van der Waals surface area contributed by atoms with Crippen molar-refractivity contribution in [1.29, 1.82) is 0 Å². The monoisotopic (exact) mass is 303 g/mol. The van der Waals surface area contributed by atoms with Gasteiger partial charge >= 0.3 is 0 Å². The molecule has 0 bridgehead atoms. The van der Waals surface area contributed by atoms with Crippen LogP contribution in [0.25, 0.3) is 0 Å². The molecule has 0 unspecified atom stereocenters. The molecule has 0 aliphatic heterocycles. The molecule has 1 N–H and O–H groups in total. The molecule has 2 aromatic carbocycles. The molecule has 3 nitrogen and oxygen atoms in total. The Morgan fingerprint density at radius 1 is 1.09 bits per heavy atom. The third-order valence-electron chi connectivity index (χ3n) is 3.93. The van der Waals surface area contributed by atoms with Gasteiger partial charge in [0.25, 0.3) is 5.91 Å². The van der Waals surface area contributed by atoms with E-state index in [1.165, 1.54) is 6.07 Å². The lowest BCUT2D eigenvalue weighted by Crippen LogP contribution is -2.34. The fraction of sp³-hybridized carbons (Fsp3) is 0.235. The van der Waals surface area contributed by atoms with Crippen LogP contribution in [-0.2, 0) is 5.54 Å². The summed E-state index contributed by atoms with van der Waals surface area (Å²) in [6.45, 7) is 0. The number of benzene rings is 2. The Labute approximate surface area is 126 Å². The lowest BCUT2D eigenvalue weighted by atomic mass is 10.0. The van der Waals surface area contributed by atoms with E-state index in [0.717, 1.165) is 36.3 Å². The summed E-state index contributed by atoms with van der Waals surface area (Å²) in [5, 5.41) is 2.92. The molecule has 0 saturated heterocycles. The maximum Gasteiger partial charge on any atom is 0.252 e. The van der Waals surface area contributed by atoms with E-state index >= 15 is 0 Å². The van der Waals surface area contributed by atoms with Crippen LogP contribution >= 0.6 is 0 Å². The minimum absolute atomic E-state index is 0.110. The van der Waals surface area contributed by atoms with Crippen molar-refractivity contribution in [3.63, 3.8) is 0 Å². The van der Waals surface area contributed by atoms with Crippen LogP contribution in [-0.4, -0.2) is 13.0 Å². The standard InChI is InChI=1S/C17H15F2NO2/c1-22-13-5-3-12(4-6-13)17(8-9-17)20-16(21)11-2-7-14(18)15(19)10-11/h2-7,10H,8-9H2,1H3,(H,20,21). The third-order valence-corrected chi connectivity index (χ3v) is 3.93. The Hall–Kier alpha value is -2.43. The van der Waals surface area contributed by atoms with Crippen LogP contribution in [0.3, 0.4) is 0 Å². The summed E-state index contributed by atoms with van der Waals surface area (Å²) in [6.07, 6.45) is 1.63. The molecule has 1 fully saturated rings. The largest absolute Gasteiger partial charge is 0.497 e. The number of nitrogens with one attached hydrogen (secondary N) is 1. The molecule has 114 valence electrons. The van der Waals surface area contributed by atoms with Gasteiger partial charge in [0.1, 0.15) is 5.75 Å². The molecule has 1 aliphatic rings. The van der Waals surface area contributed by atoms with Gasteiger partial charge in [0.15, 0.2) is 11.6 Å². The first-order chi connectivity index (χ1) is 10.5. The number of halogens is 2. The van der Waals surface area contributed by atoms with Crippen molar-refractivity contribution in [3.05, 3.63) is 65.2 Å². The topological polar surface area (TPSA) is 38.3 Å². The predicted molar refractivity (Wildman–Crippen MR) is 77.7 cm³/mol. The van der Waals surface area contributed by atoms with E-state index < -0.39 is 23.1 Å². The van der Waals surface area contributed by atoms with Crippen molar-refractivity contribution in [2.75, 3.05) is 7.11 Å². The second kappa shape index (κ2) is 5.40. The fourth-order valence-corrected chi connectivity index (χ4v) is 2.45. The minimum atomic E-state index is -1.03. The highest BCUT2D eigenvalue weighted by Gasteiger charge is 2.45. The average molecular weight is 303 g/mol. The fourth-order valence-electron chi connectivity index (χ4n) is 2.45. The Morgan fingerprint density at radius 3 is 2.32 bits per heavy atom. The van der Waals surface area contributed by atoms with E-state index in [0.29, 0.717) is 0 Å². The lowest BCUT2D eigenvalue weighted by Gasteiger charge is -2.18. The highest BCUT2D eigenvalue weighted by atomic mass is 19.2. The van der Waals surface area contributed by atoms with E-state index in [1.54, 1.807) is 7.11 Å². The molecular formula is C17H15F2NO2. The first-order valence-corrected chi connectivity index (χ1v) is 6.96. The summed E-state index contributed by atoms with van der Waals surface area (Å²) >= 11 is 0. The molecule has 5 heteroatoms. The second-order valence-corrected chi connectivity index (χ2v) is 5.39. The van der Waals surface area contributed by atoms with E-state index in [1.807, 2.05) is 24.3 Å². The Balaban J connectivity index is 1.78. The van der Waals surface area contributed by atoms with Gasteiger partial charge < -0.3 is 10.1 Å². The number of methoxy groups -OCH3 is 1. The van der Waals surface area contributed by atoms with Gasteiger partial charge in [-0.25, -0.2) is 8.78 Å². The maximum atomic E-state index is 13.2. The van der Waals surface area contributed by atoms with Gasteiger partial charge in [-0.05, 0) is 48.7 Å². The van der Waals surface area contributed by atoms with Crippen molar-refractivity contribution >= 4 is 5.91 Å². The summed E-state index contributed by atoms with van der Waals surface area (Å²) in [5.41, 5.74) is 0.664. The van der Waals surface area contributed by atoms with Crippen LogP contribution in [0, 0.1) is 11.6 Å². The average Bonchev–Trinajstić information content (AvgIpc) is 3.31. The van der Waals surface area contributed by atoms with Gasteiger partial charge in [-0.1, -0.05) is 12.1 Å². The van der Waals surface area contributed by atoms with Crippen LogP contribution in [0.2, 0.25) is 0 Å². The molecule has 1 amide bonds. The summed E-state index contributed by atoms with van der Waals surface area (Å²) in [4.78, 5) is 12.2. The summed E-state index contributed by atoms with van der Waals surface area (Å²) in [5.74, 6) is -1.66. The van der Waals surface area contributed by atoms with Gasteiger partial charge in [-0.15, -0.1) is 0 Å². The Bertz CT molecular complexity index is 709. The second-order valence-electron chi connectivity index (χ2n) is 5.39. The zero-order valence-corrected chi connectivity index (χ0v) is 12.0. The molecule has 0 atom stereocenters. The summed E-state index contributed by atoms with van der Waals surface area (Å²) < 4.78 is 31.3. The van der Waals surface area contributed by atoms with Crippen molar-refractivity contribution in [1.82, 2.24) is 5.32 Å². The van der Waals surface area contributed by atoms with Crippen LogP contribution < -0.4 is 10.1 Å². The van der Waals surface area contributed by atoms with Gasteiger partial charge in [-0.2, -0.15) is 0 Å². The van der Waals surface area contributed by atoms with Crippen LogP contribution in [0.15, 0.2) is 42.5 Å². The molecular weight excluding hydrogens is 288 g/mol. The molecule has 1 saturated carbocycles. The van der Waals surface area contributed by atoms with Crippen LogP contribution in [0.4, 0.5) is 8.78 Å². The molecule has 22 heavy (non-hydrogen) atoms. The number of amides is 1. The molecule has 3 rings (SSSR count). The van der Waals surface area contributed by atoms with Crippen molar-refractivity contribution < 1.29 is 18.3 Å². The number of rotatable bonds is 4. The molecule has 0 heterocycles. The first kappa shape index (κ1) is 14.5. The zero-order chi connectivity index (χ0) is 15.7. The number of ether oxygens (including phenoxy) is 1. The SMILES string of the molecule is COc1ccc(C2(NC(=O)c3ccc(F)c(F)c3)CC2)cc1. The number of carbonyl (C=O) groups excluding carboxylic acids is 1. The Kier molecular flexibility index (Phi) is 3.56. The van der Waals surface area contributed by atoms with Gasteiger partial charge in [0.2, 0.25) is 0 Å².